The van der Waals surface area contributed by atoms with E-state index < -0.39 is 6.09 Å². The summed E-state index contributed by atoms with van der Waals surface area (Å²) in [6, 6.07) is 22.1. The average Bonchev–Trinajstić information content (AvgIpc) is 3.22. The molecule has 3 aromatic carbocycles. The molecule has 1 aromatic heterocycles. The Bertz CT molecular complexity index is 1310. The molecular formula is C27H26FN3O2S. The number of rotatable bonds is 6. The van der Waals surface area contributed by atoms with E-state index in [9.17, 15) is 9.18 Å². The lowest BCUT2D eigenvalue weighted by Crippen LogP contribution is -2.20. The van der Waals surface area contributed by atoms with Gasteiger partial charge in [-0.25, -0.2) is 14.2 Å². The van der Waals surface area contributed by atoms with Crippen LogP contribution in [0.5, 0.6) is 5.75 Å². The van der Waals surface area contributed by atoms with Crippen LogP contribution in [-0.2, 0) is 11.2 Å². The fourth-order valence-corrected chi connectivity index (χ4v) is 4.56. The van der Waals surface area contributed by atoms with Crippen molar-refractivity contribution in [1.82, 2.24) is 9.55 Å². The Balaban J connectivity index is 1.67. The number of hydrogen-bond acceptors (Lipinski definition) is 4. The lowest BCUT2D eigenvalue weighted by molar-refractivity contribution is 0.210. The quantitative estimate of drug-likeness (QED) is 0.314. The molecule has 1 amide bonds. The number of halogens is 1. The molecule has 0 atom stereocenters. The summed E-state index contributed by atoms with van der Waals surface area (Å²) in [6.07, 6.45) is 1.09. The van der Waals surface area contributed by atoms with Crippen LogP contribution in [0.2, 0.25) is 0 Å². The van der Waals surface area contributed by atoms with E-state index in [0.717, 1.165) is 27.5 Å². The van der Waals surface area contributed by atoms with Crippen LogP contribution in [0.1, 0.15) is 31.9 Å². The Hall–Kier alpha value is -3.58. The van der Waals surface area contributed by atoms with Crippen LogP contribution in [0.15, 0.2) is 84.1 Å². The predicted molar refractivity (Wildman–Crippen MR) is 134 cm³/mol. The Kier molecular flexibility index (Phi) is 6.75. The summed E-state index contributed by atoms with van der Waals surface area (Å²) < 4.78 is 21.1. The number of thioether (sulfide) groups is 1. The highest BCUT2D eigenvalue weighted by molar-refractivity contribution is 7.98. The fraction of sp³-hybridized carbons (Fsp3) is 0.185. The summed E-state index contributed by atoms with van der Waals surface area (Å²) in [5.41, 5.74) is 9.44. The minimum atomic E-state index is -0.835. The van der Waals surface area contributed by atoms with E-state index in [4.69, 9.17) is 15.5 Å². The number of carbonyl (C=O) groups excluding carboxylic acids is 1. The van der Waals surface area contributed by atoms with Crippen LogP contribution in [0, 0.1) is 5.82 Å². The van der Waals surface area contributed by atoms with E-state index in [-0.39, 0.29) is 11.2 Å². The van der Waals surface area contributed by atoms with Crippen LogP contribution in [0.3, 0.4) is 0 Å². The Morgan fingerprint density at radius 2 is 1.82 bits per heavy atom. The zero-order chi connectivity index (χ0) is 24.3. The first kappa shape index (κ1) is 23.6. The van der Waals surface area contributed by atoms with E-state index >= 15 is 0 Å². The molecule has 7 heteroatoms. The number of ether oxygens (including phenoxy) is 1. The maximum atomic E-state index is 14.0. The van der Waals surface area contributed by atoms with Gasteiger partial charge in [-0.1, -0.05) is 81.1 Å². The van der Waals surface area contributed by atoms with Crippen molar-refractivity contribution in [3.05, 3.63) is 95.9 Å². The zero-order valence-electron chi connectivity index (χ0n) is 19.3. The molecular weight excluding hydrogens is 449 g/mol. The SMILES string of the molecule is CC(C)(C)c1cc(CSc2nc(-c3ccccc3)cn2-c2cccc(F)c2)ccc1OC(N)=O. The third-order valence-corrected chi connectivity index (χ3v) is 6.28. The fourth-order valence-electron chi connectivity index (χ4n) is 3.62. The van der Waals surface area contributed by atoms with Crippen LogP contribution in [0.4, 0.5) is 9.18 Å². The molecule has 0 bridgehead atoms. The van der Waals surface area contributed by atoms with Crippen molar-refractivity contribution in [2.75, 3.05) is 0 Å². The standard InChI is InChI=1S/C27H26FN3O2S/c1-27(2,3)22-14-18(12-13-24(22)33-25(29)32)17-34-26-30-23(19-8-5-4-6-9-19)16-31(26)21-11-7-10-20(28)15-21/h4-16H,17H2,1-3H3,(H2,29,32). The van der Waals surface area contributed by atoms with Gasteiger partial charge >= 0.3 is 6.09 Å². The summed E-state index contributed by atoms with van der Waals surface area (Å²) in [4.78, 5) is 16.2. The minimum absolute atomic E-state index is 0.244. The Labute approximate surface area is 202 Å². The van der Waals surface area contributed by atoms with Crippen molar-refractivity contribution in [3.63, 3.8) is 0 Å². The zero-order valence-corrected chi connectivity index (χ0v) is 20.1. The van der Waals surface area contributed by atoms with Gasteiger partial charge in [0.1, 0.15) is 11.6 Å². The number of hydrogen-bond donors (Lipinski definition) is 1. The number of benzene rings is 3. The van der Waals surface area contributed by atoms with Gasteiger partial charge in [0.15, 0.2) is 5.16 Å². The molecule has 0 aliphatic heterocycles. The highest BCUT2D eigenvalue weighted by Gasteiger charge is 2.21. The third kappa shape index (κ3) is 5.48. The lowest BCUT2D eigenvalue weighted by atomic mass is 9.85. The molecule has 0 aliphatic carbocycles. The second-order valence-corrected chi connectivity index (χ2v) is 9.86. The molecule has 0 saturated carbocycles. The summed E-state index contributed by atoms with van der Waals surface area (Å²) in [5.74, 6) is 0.783. The largest absolute Gasteiger partial charge is 0.410 e. The van der Waals surface area contributed by atoms with Crippen LogP contribution in [0.25, 0.3) is 16.9 Å². The first-order chi connectivity index (χ1) is 16.2. The van der Waals surface area contributed by atoms with E-state index in [2.05, 4.69) is 20.8 Å². The van der Waals surface area contributed by atoms with E-state index in [1.165, 1.54) is 12.1 Å². The van der Waals surface area contributed by atoms with Crippen molar-refractivity contribution in [3.8, 4) is 22.7 Å². The van der Waals surface area contributed by atoms with Gasteiger partial charge in [-0.3, -0.25) is 4.57 Å². The molecule has 2 N–H and O–H groups in total. The third-order valence-electron chi connectivity index (χ3n) is 5.26. The summed E-state index contributed by atoms with van der Waals surface area (Å²) in [5, 5.41) is 0.749. The Morgan fingerprint density at radius 1 is 1.06 bits per heavy atom. The smallest absolute Gasteiger partial charge is 0.409 e. The maximum absolute atomic E-state index is 14.0. The second kappa shape index (κ2) is 9.73. The first-order valence-corrected chi connectivity index (χ1v) is 11.8. The normalized spacial score (nSPS) is 11.4. The number of nitrogens with two attached hydrogens (primary N) is 1. The molecule has 0 radical (unpaired) electrons. The van der Waals surface area contributed by atoms with Crippen molar-refractivity contribution >= 4 is 17.9 Å². The van der Waals surface area contributed by atoms with Gasteiger partial charge in [0.05, 0.1) is 11.4 Å². The van der Waals surface area contributed by atoms with Gasteiger partial charge < -0.3 is 10.5 Å². The van der Waals surface area contributed by atoms with Crippen LogP contribution in [-0.4, -0.2) is 15.6 Å². The van der Waals surface area contributed by atoms with E-state index in [1.807, 2.05) is 59.3 Å². The van der Waals surface area contributed by atoms with Gasteiger partial charge in [0.25, 0.3) is 0 Å². The molecule has 0 fully saturated rings. The topological polar surface area (TPSA) is 70.1 Å². The predicted octanol–water partition coefficient (Wildman–Crippen LogP) is 6.73. The number of carbonyl (C=O) groups is 1. The molecule has 5 nitrogen and oxygen atoms in total. The van der Waals surface area contributed by atoms with Gasteiger partial charge in [-0.05, 0) is 35.2 Å². The molecule has 1 heterocycles. The molecule has 174 valence electrons. The molecule has 4 aromatic rings. The van der Waals surface area contributed by atoms with Gasteiger partial charge in [0, 0.05) is 23.1 Å². The molecule has 0 aliphatic rings. The van der Waals surface area contributed by atoms with Crippen LogP contribution >= 0.6 is 11.8 Å². The Morgan fingerprint density at radius 3 is 2.50 bits per heavy atom. The number of amides is 1. The number of primary amides is 1. The molecule has 34 heavy (non-hydrogen) atoms. The summed E-state index contributed by atoms with van der Waals surface area (Å²) >= 11 is 1.55. The lowest BCUT2D eigenvalue weighted by Gasteiger charge is -2.22. The first-order valence-electron chi connectivity index (χ1n) is 10.8. The molecule has 0 unspecified atom stereocenters. The minimum Gasteiger partial charge on any atom is -0.410 e. The molecule has 0 spiro atoms. The van der Waals surface area contributed by atoms with Crippen molar-refractivity contribution < 1.29 is 13.9 Å². The van der Waals surface area contributed by atoms with Crippen molar-refractivity contribution in [2.24, 2.45) is 5.73 Å². The maximum Gasteiger partial charge on any atom is 0.409 e. The van der Waals surface area contributed by atoms with E-state index in [1.54, 1.807) is 23.9 Å². The average molecular weight is 476 g/mol. The van der Waals surface area contributed by atoms with Crippen LogP contribution < -0.4 is 10.5 Å². The monoisotopic (exact) mass is 475 g/mol. The van der Waals surface area contributed by atoms with Gasteiger partial charge in [-0.15, -0.1) is 0 Å². The van der Waals surface area contributed by atoms with E-state index in [0.29, 0.717) is 17.2 Å². The number of imidazole rings is 1. The highest BCUT2D eigenvalue weighted by Crippen LogP contribution is 2.35. The highest BCUT2D eigenvalue weighted by atomic mass is 32.2. The second-order valence-electron chi connectivity index (χ2n) is 8.91. The van der Waals surface area contributed by atoms with Gasteiger partial charge in [0.2, 0.25) is 0 Å². The molecule has 4 rings (SSSR count). The summed E-state index contributed by atoms with van der Waals surface area (Å²) in [7, 11) is 0. The van der Waals surface area contributed by atoms with Crippen molar-refractivity contribution in [1.29, 1.82) is 0 Å². The van der Waals surface area contributed by atoms with Gasteiger partial charge in [-0.2, -0.15) is 0 Å². The molecule has 0 saturated heterocycles. The van der Waals surface area contributed by atoms with Crippen molar-refractivity contribution in [2.45, 2.75) is 37.1 Å². The number of nitrogens with zero attached hydrogens (tertiary/aromatic N) is 2. The number of aromatic nitrogens is 2. The summed E-state index contributed by atoms with van der Waals surface area (Å²) in [6.45, 7) is 6.15.